The monoisotopic (exact) mass is 365 g/mol. The quantitative estimate of drug-likeness (QED) is 0.552. The minimum absolute atomic E-state index is 0.432. The normalized spacial score (nSPS) is 10.7. The smallest absolute Gasteiger partial charge is 0.158 e. The van der Waals surface area contributed by atoms with E-state index in [1.165, 1.54) is 29.9 Å². The molecule has 1 heterocycles. The zero-order valence-electron chi connectivity index (χ0n) is 15.7. The highest BCUT2D eigenvalue weighted by Crippen LogP contribution is 2.36. The molecule has 0 bridgehead atoms. The molecule has 0 spiro atoms. The minimum Gasteiger partial charge on any atom is -0.372 e. The molecule has 1 aromatic carbocycles. The average molecular weight is 366 g/mol. The van der Waals surface area contributed by atoms with Crippen LogP contribution in [-0.2, 0) is 0 Å². The van der Waals surface area contributed by atoms with Crippen molar-refractivity contribution in [1.29, 1.82) is 10.5 Å². The van der Waals surface area contributed by atoms with E-state index in [4.69, 9.17) is 5.26 Å². The molecule has 0 saturated carbocycles. The lowest BCUT2D eigenvalue weighted by atomic mass is 10.1. The van der Waals surface area contributed by atoms with Gasteiger partial charge in [0, 0.05) is 18.8 Å². The lowest BCUT2D eigenvalue weighted by Gasteiger charge is -2.23. The third kappa shape index (κ3) is 4.28. The van der Waals surface area contributed by atoms with Crippen molar-refractivity contribution in [2.75, 3.05) is 18.0 Å². The molecule has 6 heteroatoms. The van der Waals surface area contributed by atoms with Gasteiger partial charge in [0.2, 0.25) is 0 Å². The number of rotatable bonds is 7. The standard InChI is InChI=1S/C20H23N5S/c1-5-7-10-25(6-2)16-8-9-18(14(3)11-16)23-24-20-17(12-21)15(4)19(13-22)26-20/h8-9,11H,5-7,10H2,1-4H3/b24-23+. The molecule has 0 radical (unpaired) electrons. The number of nitriles is 2. The molecule has 134 valence electrons. The van der Waals surface area contributed by atoms with E-state index in [1.54, 1.807) is 6.92 Å². The number of hydrogen-bond acceptors (Lipinski definition) is 6. The molecule has 0 unspecified atom stereocenters. The number of nitrogens with zero attached hydrogens (tertiary/aromatic N) is 5. The molecule has 5 nitrogen and oxygen atoms in total. The van der Waals surface area contributed by atoms with Gasteiger partial charge in [-0.05, 0) is 56.5 Å². The zero-order chi connectivity index (χ0) is 19.1. The Morgan fingerprint density at radius 2 is 1.88 bits per heavy atom. The van der Waals surface area contributed by atoms with Gasteiger partial charge in [-0.2, -0.15) is 10.5 Å². The maximum Gasteiger partial charge on any atom is 0.158 e. The van der Waals surface area contributed by atoms with Crippen LogP contribution in [0.3, 0.4) is 0 Å². The van der Waals surface area contributed by atoms with Gasteiger partial charge in [-0.1, -0.05) is 13.3 Å². The lowest BCUT2D eigenvalue weighted by molar-refractivity contribution is 0.732. The van der Waals surface area contributed by atoms with Gasteiger partial charge in [0.25, 0.3) is 0 Å². The maximum absolute atomic E-state index is 9.30. The van der Waals surface area contributed by atoms with E-state index in [0.29, 0.717) is 21.0 Å². The van der Waals surface area contributed by atoms with E-state index < -0.39 is 0 Å². The number of benzene rings is 1. The van der Waals surface area contributed by atoms with Crippen LogP contribution in [0.2, 0.25) is 0 Å². The molecule has 1 aromatic heterocycles. The number of unbranched alkanes of at least 4 members (excludes halogenated alkanes) is 1. The van der Waals surface area contributed by atoms with E-state index in [0.717, 1.165) is 24.3 Å². The third-order valence-corrected chi connectivity index (χ3v) is 5.38. The van der Waals surface area contributed by atoms with Gasteiger partial charge in [-0.3, -0.25) is 0 Å². The maximum atomic E-state index is 9.30. The van der Waals surface area contributed by atoms with E-state index in [1.807, 2.05) is 13.0 Å². The van der Waals surface area contributed by atoms with Gasteiger partial charge in [0.1, 0.15) is 17.0 Å². The molecule has 26 heavy (non-hydrogen) atoms. The van der Waals surface area contributed by atoms with Crippen molar-refractivity contribution in [2.24, 2.45) is 10.2 Å². The summed E-state index contributed by atoms with van der Waals surface area (Å²) in [5.41, 5.74) is 4.10. The van der Waals surface area contributed by atoms with Crippen molar-refractivity contribution in [3.05, 3.63) is 39.8 Å². The largest absolute Gasteiger partial charge is 0.372 e. The highest BCUT2D eigenvalue weighted by Gasteiger charge is 2.14. The molecule has 0 atom stereocenters. The first-order valence-electron chi connectivity index (χ1n) is 8.76. The second-order valence-electron chi connectivity index (χ2n) is 6.06. The Morgan fingerprint density at radius 1 is 1.12 bits per heavy atom. The van der Waals surface area contributed by atoms with Gasteiger partial charge in [-0.15, -0.1) is 21.6 Å². The fourth-order valence-corrected chi connectivity index (χ4v) is 3.55. The summed E-state index contributed by atoms with van der Waals surface area (Å²) in [7, 11) is 0. The number of anilines is 1. The molecule has 2 rings (SSSR count). The molecule has 0 N–H and O–H groups in total. The summed E-state index contributed by atoms with van der Waals surface area (Å²) >= 11 is 1.20. The highest BCUT2D eigenvalue weighted by atomic mass is 32.1. The van der Waals surface area contributed by atoms with Crippen LogP contribution < -0.4 is 4.90 Å². The molecule has 2 aromatic rings. The van der Waals surface area contributed by atoms with Gasteiger partial charge in [-0.25, -0.2) is 0 Å². The summed E-state index contributed by atoms with van der Waals surface area (Å²) < 4.78 is 0. The SMILES string of the molecule is CCCCN(CC)c1ccc(/N=N/c2sc(C#N)c(C)c2C#N)c(C)c1. The molecule has 0 saturated heterocycles. The predicted octanol–water partition coefficient (Wildman–Crippen LogP) is 6.15. The summed E-state index contributed by atoms with van der Waals surface area (Å²) in [6.07, 6.45) is 2.35. The lowest BCUT2D eigenvalue weighted by Crippen LogP contribution is -2.23. The van der Waals surface area contributed by atoms with Crippen LogP contribution in [0.1, 0.15) is 48.3 Å². The van der Waals surface area contributed by atoms with E-state index >= 15 is 0 Å². The second-order valence-corrected chi connectivity index (χ2v) is 7.06. The van der Waals surface area contributed by atoms with Crippen molar-refractivity contribution in [3.63, 3.8) is 0 Å². The number of hydrogen-bond donors (Lipinski definition) is 0. The van der Waals surface area contributed by atoms with Crippen LogP contribution in [0.5, 0.6) is 0 Å². The number of aryl methyl sites for hydroxylation is 1. The van der Waals surface area contributed by atoms with Crippen LogP contribution in [0.25, 0.3) is 0 Å². The zero-order valence-corrected chi connectivity index (χ0v) is 16.5. The Labute approximate surface area is 159 Å². The first-order valence-corrected chi connectivity index (χ1v) is 9.58. The van der Waals surface area contributed by atoms with Crippen LogP contribution in [0, 0.1) is 36.5 Å². The Morgan fingerprint density at radius 3 is 2.46 bits per heavy atom. The number of azo groups is 1. The first kappa shape index (κ1) is 19.6. The van der Waals surface area contributed by atoms with E-state index in [9.17, 15) is 5.26 Å². The average Bonchev–Trinajstić information content (AvgIpc) is 2.96. The molecular weight excluding hydrogens is 342 g/mol. The minimum atomic E-state index is 0.432. The fraction of sp³-hybridized carbons (Fsp3) is 0.400. The Balaban J connectivity index is 2.27. The van der Waals surface area contributed by atoms with Crippen molar-refractivity contribution in [2.45, 2.75) is 40.5 Å². The van der Waals surface area contributed by atoms with Crippen LogP contribution in [0.4, 0.5) is 16.4 Å². The molecule has 0 fully saturated rings. The number of thiophene rings is 1. The molecule has 0 aliphatic heterocycles. The van der Waals surface area contributed by atoms with Gasteiger partial charge >= 0.3 is 0 Å². The Bertz CT molecular complexity index is 883. The summed E-state index contributed by atoms with van der Waals surface area (Å²) in [6, 6.07) is 10.4. The van der Waals surface area contributed by atoms with Crippen molar-refractivity contribution < 1.29 is 0 Å². The summed E-state index contributed by atoms with van der Waals surface area (Å²) in [5.74, 6) is 0. The van der Waals surface area contributed by atoms with Crippen LogP contribution in [-0.4, -0.2) is 13.1 Å². The predicted molar refractivity (Wildman–Crippen MR) is 107 cm³/mol. The Kier molecular flexibility index (Phi) is 6.89. The van der Waals surface area contributed by atoms with E-state index in [2.05, 4.69) is 53.2 Å². The van der Waals surface area contributed by atoms with E-state index in [-0.39, 0.29) is 0 Å². The fourth-order valence-electron chi connectivity index (χ4n) is 2.67. The van der Waals surface area contributed by atoms with Gasteiger partial charge in [0.05, 0.1) is 11.3 Å². The first-order chi connectivity index (χ1) is 12.5. The van der Waals surface area contributed by atoms with Gasteiger partial charge < -0.3 is 4.90 Å². The van der Waals surface area contributed by atoms with Gasteiger partial charge in [0.15, 0.2) is 5.00 Å². The summed E-state index contributed by atoms with van der Waals surface area (Å²) in [5, 5.41) is 27.5. The molecular formula is C20H23N5S. The van der Waals surface area contributed by atoms with Crippen molar-refractivity contribution >= 4 is 27.7 Å². The Hall–Kier alpha value is -2.70. The second kappa shape index (κ2) is 9.12. The highest BCUT2D eigenvalue weighted by molar-refractivity contribution is 7.16. The topological polar surface area (TPSA) is 75.5 Å². The molecule has 0 aliphatic rings. The third-order valence-electron chi connectivity index (χ3n) is 4.30. The van der Waals surface area contributed by atoms with Crippen LogP contribution in [0.15, 0.2) is 28.4 Å². The summed E-state index contributed by atoms with van der Waals surface area (Å²) in [6.45, 7) is 10.1. The van der Waals surface area contributed by atoms with Crippen LogP contribution >= 0.6 is 11.3 Å². The molecule has 0 amide bonds. The molecule has 0 aliphatic carbocycles. The van der Waals surface area contributed by atoms with Crippen molar-refractivity contribution in [3.8, 4) is 12.1 Å². The van der Waals surface area contributed by atoms with Crippen molar-refractivity contribution in [1.82, 2.24) is 0 Å². The summed E-state index contributed by atoms with van der Waals surface area (Å²) in [4.78, 5) is 2.87.